The second-order valence-corrected chi connectivity index (χ2v) is 4.72. The van der Waals surface area contributed by atoms with Crippen molar-refractivity contribution < 1.29 is 4.57 Å². The SMILES string of the molecule is CC(C)n1cc[n+](C)c1.CC(C)n1ccnc1. The molecule has 2 aromatic rings. The quantitative estimate of drug-likeness (QED) is 0.734. The minimum atomic E-state index is 0.539. The largest absolute Gasteiger partial charge is 0.335 e. The van der Waals surface area contributed by atoms with Crippen LogP contribution in [-0.4, -0.2) is 14.1 Å². The first-order chi connectivity index (χ1) is 8.00. The fourth-order valence-corrected chi connectivity index (χ4v) is 1.35. The lowest BCUT2D eigenvalue weighted by Crippen LogP contribution is -2.23. The van der Waals surface area contributed by atoms with Gasteiger partial charge >= 0.3 is 0 Å². The summed E-state index contributed by atoms with van der Waals surface area (Å²) in [5.74, 6) is 0. The first-order valence-electron chi connectivity index (χ1n) is 6.01. The van der Waals surface area contributed by atoms with Crippen molar-refractivity contribution >= 4 is 0 Å². The molecule has 0 aliphatic heterocycles. The zero-order valence-electron chi connectivity index (χ0n) is 11.4. The molecule has 94 valence electrons. The smallest absolute Gasteiger partial charge is 0.243 e. The highest BCUT2D eigenvalue weighted by atomic mass is 15.1. The van der Waals surface area contributed by atoms with Crippen LogP contribution in [0, 0.1) is 0 Å². The molecule has 0 aromatic carbocycles. The Hall–Kier alpha value is -1.58. The maximum Gasteiger partial charge on any atom is 0.243 e. The van der Waals surface area contributed by atoms with Crippen LogP contribution in [0.3, 0.4) is 0 Å². The average molecular weight is 235 g/mol. The van der Waals surface area contributed by atoms with Gasteiger partial charge in [-0.25, -0.2) is 14.1 Å². The number of hydrogen-bond donors (Lipinski definition) is 0. The summed E-state index contributed by atoms with van der Waals surface area (Å²) in [6, 6.07) is 1.11. The molecule has 2 aromatic heterocycles. The third-order valence-electron chi connectivity index (χ3n) is 2.51. The summed E-state index contributed by atoms with van der Waals surface area (Å²) in [6.07, 6.45) is 11.8. The van der Waals surface area contributed by atoms with E-state index in [9.17, 15) is 0 Å². The maximum absolute atomic E-state index is 3.91. The van der Waals surface area contributed by atoms with E-state index in [1.54, 1.807) is 6.20 Å². The van der Waals surface area contributed by atoms with Gasteiger partial charge in [0.25, 0.3) is 0 Å². The van der Waals surface area contributed by atoms with Crippen molar-refractivity contribution in [2.75, 3.05) is 0 Å². The van der Waals surface area contributed by atoms with E-state index in [0.717, 1.165) is 0 Å². The van der Waals surface area contributed by atoms with Gasteiger partial charge in [0.1, 0.15) is 12.4 Å². The summed E-state index contributed by atoms with van der Waals surface area (Å²) >= 11 is 0. The molecule has 0 saturated heterocycles. The lowest BCUT2D eigenvalue weighted by atomic mass is 10.4. The van der Waals surface area contributed by atoms with Crippen LogP contribution in [0.4, 0.5) is 0 Å². The highest BCUT2D eigenvalue weighted by Gasteiger charge is 2.01. The minimum absolute atomic E-state index is 0.539. The molecular formula is C13H23N4+. The Balaban J connectivity index is 0.000000171. The second kappa shape index (κ2) is 6.23. The lowest BCUT2D eigenvalue weighted by Gasteiger charge is -2.02. The summed E-state index contributed by atoms with van der Waals surface area (Å²) in [6.45, 7) is 8.59. The topological polar surface area (TPSA) is 26.6 Å². The minimum Gasteiger partial charge on any atom is -0.335 e. The van der Waals surface area contributed by atoms with Crippen LogP contribution in [-0.2, 0) is 7.05 Å². The van der Waals surface area contributed by atoms with Gasteiger partial charge in [-0.15, -0.1) is 0 Å². The van der Waals surface area contributed by atoms with Crippen LogP contribution in [0.2, 0.25) is 0 Å². The predicted molar refractivity (Wildman–Crippen MR) is 68.6 cm³/mol. The molecule has 4 nitrogen and oxygen atoms in total. The Bertz CT molecular complexity index is 412. The van der Waals surface area contributed by atoms with Gasteiger partial charge in [-0.3, -0.25) is 0 Å². The van der Waals surface area contributed by atoms with Gasteiger partial charge in [-0.2, -0.15) is 0 Å². The fourth-order valence-electron chi connectivity index (χ4n) is 1.35. The number of hydrogen-bond acceptors (Lipinski definition) is 1. The Morgan fingerprint density at radius 2 is 1.65 bits per heavy atom. The van der Waals surface area contributed by atoms with Crippen molar-refractivity contribution in [2.24, 2.45) is 7.05 Å². The number of imidazole rings is 2. The lowest BCUT2D eigenvalue weighted by molar-refractivity contribution is -0.671. The van der Waals surface area contributed by atoms with Gasteiger partial charge in [0, 0.05) is 18.4 Å². The fraction of sp³-hybridized carbons (Fsp3) is 0.538. The molecule has 17 heavy (non-hydrogen) atoms. The Morgan fingerprint density at radius 1 is 1.00 bits per heavy atom. The van der Waals surface area contributed by atoms with Crippen LogP contribution >= 0.6 is 0 Å². The molecule has 2 heterocycles. The summed E-state index contributed by atoms with van der Waals surface area (Å²) in [5.41, 5.74) is 0. The summed E-state index contributed by atoms with van der Waals surface area (Å²) in [7, 11) is 2.03. The van der Waals surface area contributed by atoms with Gasteiger partial charge in [0.05, 0.1) is 19.4 Å². The zero-order chi connectivity index (χ0) is 12.8. The number of aromatic nitrogens is 4. The molecule has 0 fully saturated rings. The van der Waals surface area contributed by atoms with Crippen molar-refractivity contribution in [3.05, 3.63) is 37.4 Å². The molecule has 0 amide bonds. The van der Waals surface area contributed by atoms with Crippen LogP contribution in [0.1, 0.15) is 39.8 Å². The highest BCUT2D eigenvalue weighted by molar-refractivity contribution is 4.76. The predicted octanol–water partition coefficient (Wildman–Crippen LogP) is 2.36. The third-order valence-corrected chi connectivity index (χ3v) is 2.51. The van der Waals surface area contributed by atoms with E-state index < -0.39 is 0 Å². The molecule has 0 bridgehead atoms. The summed E-state index contributed by atoms with van der Waals surface area (Å²) < 4.78 is 6.26. The monoisotopic (exact) mass is 235 g/mol. The molecule has 0 atom stereocenters. The van der Waals surface area contributed by atoms with E-state index in [0.29, 0.717) is 12.1 Å². The van der Waals surface area contributed by atoms with Gasteiger partial charge in [0.15, 0.2) is 0 Å². The molecular weight excluding hydrogens is 212 g/mol. The van der Waals surface area contributed by atoms with E-state index in [4.69, 9.17) is 0 Å². The molecule has 4 heteroatoms. The van der Waals surface area contributed by atoms with Gasteiger partial charge in [-0.1, -0.05) is 0 Å². The molecule has 0 aliphatic carbocycles. The Kier molecular flexibility index (Phi) is 4.94. The molecule has 0 radical (unpaired) electrons. The average Bonchev–Trinajstić information content (AvgIpc) is 2.87. The van der Waals surface area contributed by atoms with Crippen LogP contribution in [0.5, 0.6) is 0 Å². The van der Waals surface area contributed by atoms with Gasteiger partial charge in [0.2, 0.25) is 6.33 Å². The van der Waals surface area contributed by atoms with Crippen LogP contribution < -0.4 is 4.57 Å². The van der Waals surface area contributed by atoms with Crippen molar-refractivity contribution in [1.82, 2.24) is 14.1 Å². The van der Waals surface area contributed by atoms with Crippen molar-refractivity contribution in [2.45, 2.75) is 39.8 Å². The van der Waals surface area contributed by atoms with E-state index in [2.05, 4.69) is 54.3 Å². The second-order valence-electron chi connectivity index (χ2n) is 4.72. The van der Waals surface area contributed by atoms with E-state index in [-0.39, 0.29) is 0 Å². The Morgan fingerprint density at radius 3 is 1.88 bits per heavy atom. The zero-order valence-corrected chi connectivity index (χ0v) is 11.4. The highest BCUT2D eigenvalue weighted by Crippen LogP contribution is 2.00. The van der Waals surface area contributed by atoms with Crippen LogP contribution in [0.25, 0.3) is 0 Å². The standard InChI is InChI=1S/C7H13N2.C6H10N2/c1-7(2)9-5-4-8(3)6-9;1-6(2)8-4-3-7-5-8/h4-7H,1-3H3;3-6H,1-2H3/q+1;. The van der Waals surface area contributed by atoms with Crippen molar-refractivity contribution in [1.29, 1.82) is 0 Å². The third kappa shape index (κ3) is 4.43. The molecule has 0 N–H and O–H groups in total. The molecule has 0 unspecified atom stereocenters. The summed E-state index contributed by atoms with van der Waals surface area (Å²) in [5, 5.41) is 0. The van der Waals surface area contributed by atoms with Gasteiger partial charge in [-0.05, 0) is 27.7 Å². The number of aryl methyl sites for hydroxylation is 1. The Labute approximate surface area is 104 Å². The molecule has 0 spiro atoms. The maximum atomic E-state index is 3.91. The van der Waals surface area contributed by atoms with Crippen molar-refractivity contribution in [3.63, 3.8) is 0 Å². The van der Waals surface area contributed by atoms with E-state index in [1.165, 1.54) is 0 Å². The molecule has 2 rings (SSSR count). The first kappa shape index (κ1) is 13.5. The normalized spacial score (nSPS) is 10.5. The summed E-state index contributed by atoms with van der Waals surface area (Å²) in [4.78, 5) is 3.91. The number of nitrogens with zero attached hydrogens (tertiary/aromatic N) is 4. The van der Waals surface area contributed by atoms with Gasteiger partial charge < -0.3 is 4.57 Å². The number of rotatable bonds is 2. The van der Waals surface area contributed by atoms with Crippen LogP contribution in [0.15, 0.2) is 37.4 Å². The van der Waals surface area contributed by atoms with Crippen molar-refractivity contribution in [3.8, 4) is 0 Å². The molecule has 0 saturated carbocycles. The first-order valence-corrected chi connectivity index (χ1v) is 6.01. The van der Waals surface area contributed by atoms with E-state index in [1.807, 2.05) is 30.3 Å². The molecule has 0 aliphatic rings. The van der Waals surface area contributed by atoms with E-state index >= 15 is 0 Å².